The topological polar surface area (TPSA) is 46.9 Å². The van der Waals surface area contributed by atoms with E-state index in [0.717, 1.165) is 24.1 Å². The smallest absolute Gasteiger partial charge is 0.269 e. The Morgan fingerprint density at radius 3 is 2.67 bits per heavy atom. The number of halogens is 2. The van der Waals surface area contributed by atoms with E-state index in [1.807, 2.05) is 6.07 Å². The zero-order chi connectivity index (χ0) is 14.8. The Balaban J connectivity index is 1.75. The molecule has 1 aromatic heterocycles. The summed E-state index contributed by atoms with van der Waals surface area (Å²) in [6.07, 6.45) is 5.26. The van der Waals surface area contributed by atoms with Crippen LogP contribution in [-0.2, 0) is 6.54 Å². The molecule has 1 aliphatic rings. The zero-order valence-corrected chi connectivity index (χ0v) is 12.9. The molecule has 3 rings (SSSR count). The van der Waals surface area contributed by atoms with Crippen molar-refractivity contribution in [2.45, 2.75) is 31.8 Å². The molecule has 2 aromatic rings. The lowest BCUT2D eigenvalue weighted by Gasteiger charge is -2.27. The van der Waals surface area contributed by atoms with Crippen LogP contribution in [0.15, 0.2) is 35.3 Å². The molecule has 0 atom stereocenters. The van der Waals surface area contributed by atoms with E-state index in [1.54, 1.807) is 24.4 Å². The van der Waals surface area contributed by atoms with Gasteiger partial charge in [0.15, 0.2) is 0 Å². The van der Waals surface area contributed by atoms with Crippen molar-refractivity contribution >= 4 is 28.9 Å². The maximum Gasteiger partial charge on any atom is 0.269 e. The molecule has 0 saturated heterocycles. The summed E-state index contributed by atoms with van der Waals surface area (Å²) in [7, 11) is 0. The Morgan fingerprint density at radius 1 is 1.24 bits per heavy atom. The summed E-state index contributed by atoms with van der Waals surface area (Å²) >= 11 is 11.9. The Bertz CT molecular complexity index is 710. The van der Waals surface area contributed by atoms with E-state index in [4.69, 9.17) is 23.2 Å². The van der Waals surface area contributed by atoms with Gasteiger partial charge < -0.3 is 5.32 Å². The molecule has 1 aromatic carbocycles. The van der Waals surface area contributed by atoms with Crippen molar-refractivity contribution < 1.29 is 0 Å². The lowest BCUT2D eigenvalue weighted by Crippen LogP contribution is -2.29. The van der Waals surface area contributed by atoms with Crippen LogP contribution in [0.1, 0.15) is 24.8 Å². The van der Waals surface area contributed by atoms with Gasteiger partial charge in [0.1, 0.15) is 0 Å². The Hall–Kier alpha value is -1.52. The number of nitrogens with one attached hydrogen (secondary N) is 1. The largest absolute Gasteiger partial charge is 0.381 e. The molecule has 0 amide bonds. The fraction of sp³-hybridized carbons (Fsp3) is 0.333. The average molecular weight is 324 g/mol. The molecule has 1 heterocycles. The highest BCUT2D eigenvalue weighted by Crippen LogP contribution is 2.23. The second kappa shape index (κ2) is 6.08. The molecule has 0 aliphatic heterocycles. The molecule has 110 valence electrons. The van der Waals surface area contributed by atoms with Gasteiger partial charge in [0.05, 0.1) is 28.5 Å². The minimum atomic E-state index is -0.134. The summed E-state index contributed by atoms with van der Waals surface area (Å²) in [5, 5.41) is 8.49. The normalized spacial score (nSPS) is 14.8. The summed E-state index contributed by atoms with van der Waals surface area (Å²) < 4.78 is 1.41. The van der Waals surface area contributed by atoms with Gasteiger partial charge in [-0.15, -0.1) is 0 Å². The average Bonchev–Trinajstić information content (AvgIpc) is 2.41. The van der Waals surface area contributed by atoms with Crippen LogP contribution in [0.3, 0.4) is 0 Å². The van der Waals surface area contributed by atoms with Crippen LogP contribution in [-0.4, -0.2) is 15.8 Å². The molecule has 6 heteroatoms. The number of anilines is 1. The third kappa shape index (κ3) is 3.39. The fourth-order valence-electron chi connectivity index (χ4n) is 2.23. The third-order valence-electron chi connectivity index (χ3n) is 3.66. The lowest BCUT2D eigenvalue weighted by atomic mass is 9.93. The van der Waals surface area contributed by atoms with E-state index in [2.05, 4.69) is 10.4 Å². The van der Waals surface area contributed by atoms with Gasteiger partial charge in [0, 0.05) is 12.1 Å². The first-order chi connectivity index (χ1) is 10.1. The predicted molar refractivity (Wildman–Crippen MR) is 85.3 cm³/mol. The molecule has 0 radical (unpaired) electrons. The van der Waals surface area contributed by atoms with Crippen molar-refractivity contribution in [3.05, 3.63) is 56.4 Å². The van der Waals surface area contributed by atoms with Crippen molar-refractivity contribution in [3.63, 3.8) is 0 Å². The molecule has 0 spiro atoms. The summed E-state index contributed by atoms with van der Waals surface area (Å²) in [6.45, 7) is 0.374. The van der Waals surface area contributed by atoms with E-state index in [9.17, 15) is 4.79 Å². The van der Waals surface area contributed by atoms with E-state index in [1.165, 1.54) is 11.1 Å². The molecule has 1 aliphatic carbocycles. The first-order valence-corrected chi connectivity index (χ1v) is 7.65. The second-order valence-electron chi connectivity index (χ2n) is 5.26. The van der Waals surface area contributed by atoms with Crippen LogP contribution < -0.4 is 10.9 Å². The molecule has 1 N–H and O–H groups in total. The zero-order valence-electron chi connectivity index (χ0n) is 11.4. The van der Waals surface area contributed by atoms with Crippen molar-refractivity contribution in [1.82, 2.24) is 9.78 Å². The van der Waals surface area contributed by atoms with Gasteiger partial charge in [-0.25, -0.2) is 4.68 Å². The van der Waals surface area contributed by atoms with Crippen LogP contribution in [0, 0.1) is 0 Å². The van der Waals surface area contributed by atoms with Gasteiger partial charge in [-0.3, -0.25) is 4.79 Å². The van der Waals surface area contributed by atoms with Crippen LogP contribution in [0.4, 0.5) is 5.69 Å². The van der Waals surface area contributed by atoms with Gasteiger partial charge >= 0.3 is 0 Å². The molecule has 1 saturated carbocycles. The minimum absolute atomic E-state index is 0.134. The highest BCUT2D eigenvalue weighted by molar-refractivity contribution is 6.42. The number of aromatic nitrogens is 2. The van der Waals surface area contributed by atoms with Gasteiger partial charge in [-0.05, 0) is 37.0 Å². The number of rotatable bonds is 4. The monoisotopic (exact) mass is 323 g/mol. The summed E-state index contributed by atoms with van der Waals surface area (Å²) in [4.78, 5) is 12.1. The highest BCUT2D eigenvalue weighted by atomic mass is 35.5. The minimum Gasteiger partial charge on any atom is -0.381 e. The first kappa shape index (κ1) is 14.4. The summed E-state index contributed by atoms with van der Waals surface area (Å²) in [6, 6.07) is 7.37. The molecular formula is C15H15Cl2N3O. The maximum atomic E-state index is 12.1. The van der Waals surface area contributed by atoms with E-state index in [-0.39, 0.29) is 5.56 Å². The summed E-state index contributed by atoms with van der Waals surface area (Å²) in [5.74, 6) is 0. The van der Waals surface area contributed by atoms with Crippen LogP contribution in [0.5, 0.6) is 0 Å². The van der Waals surface area contributed by atoms with Gasteiger partial charge in [-0.1, -0.05) is 29.3 Å². The van der Waals surface area contributed by atoms with Crippen LogP contribution in [0.2, 0.25) is 10.0 Å². The quantitative estimate of drug-likeness (QED) is 0.935. The Labute approximate surface area is 132 Å². The highest BCUT2D eigenvalue weighted by Gasteiger charge is 2.17. The van der Waals surface area contributed by atoms with Crippen molar-refractivity contribution in [2.24, 2.45) is 0 Å². The predicted octanol–water partition coefficient (Wildman–Crippen LogP) is 3.56. The first-order valence-electron chi connectivity index (χ1n) is 6.89. The van der Waals surface area contributed by atoms with Crippen molar-refractivity contribution in [2.75, 3.05) is 5.32 Å². The standard InChI is InChI=1S/C15H15Cl2N3O/c16-13-5-4-10(6-14(13)17)9-20-15(21)7-12(8-18-20)19-11-2-1-3-11/h4-8,11,19H,1-3,9H2. The number of hydrogen-bond acceptors (Lipinski definition) is 3. The Morgan fingerprint density at radius 2 is 2.05 bits per heavy atom. The third-order valence-corrected chi connectivity index (χ3v) is 4.40. The fourth-order valence-corrected chi connectivity index (χ4v) is 2.55. The molecule has 1 fully saturated rings. The van der Waals surface area contributed by atoms with Crippen LogP contribution >= 0.6 is 23.2 Å². The van der Waals surface area contributed by atoms with Gasteiger partial charge in [-0.2, -0.15) is 5.10 Å². The summed E-state index contributed by atoms with van der Waals surface area (Å²) in [5.41, 5.74) is 1.54. The van der Waals surface area contributed by atoms with E-state index in [0.29, 0.717) is 22.6 Å². The van der Waals surface area contributed by atoms with Crippen molar-refractivity contribution in [1.29, 1.82) is 0 Å². The molecule has 0 unspecified atom stereocenters. The molecular weight excluding hydrogens is 309 g/mol. The Kier molecular flexibility index (Phi) is 4.17. The van der Waals surface area contributed by atoms with E-state index >= 15 is 0 Å². The molecule has 4 nitrogen and oxygen atoms in total. The van der Waals surface area contributed by atoms with Crippen LogP contribution in [0.25, 0.3) is 0 Å². The van der Waals surface area contributed by atoms with Crippen molar-refractivity contribution in [3.8, 4) is 0 Å². The maximum absolute atomic E-state index is 12.1. The molecule has 21 heavy (non-hydrogen) atoms. The molecule has 0 bridgehead atoms. The lowest BCUT2D eigenvalue weighted by molar-refractivity contribution is 0.445. The number of hydrogen-bond donors (Lipinski definition) is 1. The van der Waals surface area contributed by atoms with Gasteiger partial charge in [0.25, 0.3) is 5.56 Å². The SMILES string of the molecule is O=c1cc(NC2CCC2)cnn1Cc1ccc(Cl)c(Cl)c1. The number of nitrogens with zero attached hydrogens (tertiary/aromatic N) is 2. The second-order valence-corrected chi connectivity index (χ2v) is 6.08. The van der Waals surface area contributed by atoms with E-state index < -0.39 is 0 Å². The van der Waals surface area contributed by atoms with Gasteiger partial charge in [0.2, 0.25) is 0 Å². The number of benzene rings is 1.